The summed E-state index contributed by atoms with van der Waals surface area (Å²) in [4.78, 5) is 26.1. The van der Waals surface area contributed by atoms with Gasteiger partial charge in [-0.25, -0.2) is 0 Å². The number of hydrogen-bond acceptors (Lipinski definition) is 4. The lowest BCUT2D eigenvalue weighted by Crippen LogP contribution is -2.12. The second-order valence-corrected chi connectivity index (χ2v) is 7.70. The maximum Gasteiger partial charge on any atom is 0.265 e. The summed E-state index contributed by atoms with van der Waals surface area (Å²) in [6, 6.07) is 15.8. The summed E-state index contributed by atoms with van der Waals surface area (Å²) in [6.45, 7) is 1.99. The summed E-state index contributed by atoms with van der Waals surface area (Å²) >= 11 is 7.12. The number of halogens is 1. The molecular formula is C20H15ClN4O2S. The van der Waals surface area contributed by atoms with Gasteiger partial charge < -0.3 is 10.6 Å². The molecule has 0 aliphatic heterocycles. The number of amides is 2. The third-order valence-electron chi connectivity index (χ3n) is 4.13. The van der Waals surface area contributed by atoms with Gasteiger partial charge in [-0.15, -0.1) is 11.3 Å². The molecule has 4 aromatic rings. The summed E-state index contributed by atoms with van der Waals surface area (Å²) < 4.78 is 0. The summed E-state index contributed by atoms with van der Waals surface area (Å²) in [5.74, 6) is -0.143. The van der Waals surface area contributed by atoms with Crippen molar-refractivity contribution >= 4 is 56.5 Å². The van der Waals surface area contributed by atoms with E-state index in [0.29, 0.717) is 31.5 Å². The molecule has 28 heavy (non-hydrogen) atoms. The van der Waals surface area contributed by atoms with Crippen molar-refractivity contribution in [2.45, 2.75) is 6.92 Å². The highest BCUT2D eigenvalue weighted by Gasteiger charge is 2.17. The van der Waals surface area contributed by atoms with Crippen molar-refractivity contribution in [1.29, 1.82) is 0 Å². The van der Waals surface area contributed by atoms with Gasteiger partial charge in [0.15, 0.2) is 5.82 Å². The minimum Gasteiger partial charge on any atom is -0.321 e. The lowest BCUT2D eigenvalue weighted by molar-refractivity contribution is 0.102. The van der Waals surface area contributed by atoms with Crippen LogP contribution in [0, 0.1) is 6.92 Å². The van der Waals surface area contributed by atoms with Crippen LogP contribution >= 0.6 is 22.9 Å². The molecule has 0 fully saturated rings. The molecule has 140 valence electrons. The van der Waals surface area contributed by atoms with Crippen LogP contribution in [0.1, 0.15) is 25.6 Å². The number of aromatic amines is 1. The Bertz CT molecular complexity index is 1160. The van der Waals surface area contributed by atoms with E-state index in [1.54, 1.807) is 30.3 Å². The summed E-state index contributed by atoms with van der Waals surface area (Å²) in [7, 11) is 0. The molecule has 0 saturated carbocycles. The molecule has 0 unspecified atom stereocenters. The van der Waals surface area contributed by atoms with Gasteiger partial charge in [0.25, 0.3) is 11.8 Å². The third kappa shape index (κ3) is 3.76. The standard InChI is InChI=1S/C20H15ClN4O2S/c1-11-2-8-14(9-3-11)22-19(27)16-10-15-17(24-25-20(15)28-16)23-18(26)12-4-6-13(21)7-5-12/h2-10H,1H3,(H,22,27)(H2,23,24,25,26). The fourth-order valence-corrected chi connectivity index (χ4v) is 3.66. The first-order chi connectivity index (χ1) is 13.5. The summed E-state index contributed by atoms with van der Waals surface area (Å²) in [5.41, 5.74) is 2.31. The van der Waals surface area contributed by atoms with Gasteiger partial charge in [-0.05, 0) is 49.4 Å². The summed E-state index contributed by atoms with van der Waals surface area (Å²) in [5, 5.41) is 13.8. The van der Waals surface area contributed by atoms with Gasteiger partial charge in [0.2, 0.25) is 0 Å². The highest BCUT2D eigenvalue weighted by Crippen LogP contribution is 2.30. The minimum absolute atomic E-state index is 0.214. The van der Waals surface area contributed by atoms with Gasteiger partial charge in [-0.2, -0.15) is 5.10 Å². The number of rotatable bonds is 4. The zero-order valence-electron chi connectivity index (χ0n) is 14.7. The van der Waals surface area contributed by atoms with Crippen molar-refractivity contribution < 1.29 is 9.59 Å². The number of fused-ring (bicyclic) bond motifs is 1. The number of hydrogen-bond donors (Lipinski definition) is 3. The molecule has 6 nitrogen and oxygen atoms in total. The van der Waals surface area contributed by atoms with E-state index in [4.69, 9.17) is 11.6 Å². The zero-order valence-corrected chi connectivity index (χ0v) is 16.3. The van der Waals surface area contributed by atoms with Crippen LogP contribution in [0.4, 0.5) is 11.5 Å². The number of aromatic nitrogens is 2. The van der Waals surface area contributed by atoms with Gasteiger partial charge in [0.1, 0.15) is 4.83 Å². The SMILES string of the molecule is Cc1ccc(NC(=O)c2cc3c(NC(=O)c4ccc(Cl)cc4)n[nH]c3s2)cc1. The van der Waals surface area contributed by atoms with Crippen molar-refractivity contribution in [3.05, 3.63) is 75.6 Å². The first kappa shape index (κ1) is 18.2. The van der Waals surface area contributed by atoms with Crippen LogP contribution in [0.2, 0.25) is 5.02 Å². The van der Waals surface area contributed by atoms with E-state index in [1.807, 2.05) is 31.2 Å². The van der Waals surface area contributed by atoms with E-state index in [1.165, 1.54) is 11.3 Å². The number of nitrogens with zero attached hydrogens (tertiary/aromatic N) is 1. The van der Waals surface area contributed by atoms with Gasteiger partial charge in [0, 0.05) is 16.3 Å². The van der Waals surface area contributed by atoms with Crippen LogP contribution in [-0.4, -0.2) is 22.0 Å². The van der Waals surface area contributed by atoms with Gasteiger partial charge in [-0.3, -0.25) is 14.7 Å². The van der Waals surface area contributed by atoms with E-state index in [2.05, 4.69) is 20.8 Å². The van der Waals surface area contributed by atoms with Crippen molar-refractivity contribution in [2.75, 3.05) is 10.6 Å². The molecule has 2 aromatic heterocycles. The second kappa shape index (κ2) is 7.46. The zero-order chi connectivity index (χ0) is 19.7. The van der Waals surface area contributed by atoms with Crippen LogP contribution in [0.5, 0.6) is 0 Å². The van der Waals surface area contributed by atoms with Gasteiger partial charge in [-0.1, -0.05) is 29.3 Å². The fourth-order valence-electron chi connectivity index (χ4n) is 2.63. The number of thiophene rings is 1. The molecule has 0 atom stereocenters. The second-order valence-electron chi connectivity index (χ2n) is 6.21. The number of benzene rings is 2. The summed E-state index contributed by atoms with van der Waals surface area (Å²) in [6.07, 6.45) is 0. The normalized spacial score (nSPS) is 10.8. The topological polar surface area (TPSA) is 86.9 Å². The molecule has 4 rings (SSSR count). The number of H-pyrrole nitrogens is 1. The van der Waals surface area contributed by atoms with Crippen molar-refractivity contribution in [3.8, 4) is 0 Å². The van der Waals surface area contributed by atoms with Gasteiger partial charge in [0.05, 0.1) is 10.3 Å². The molecule has 0 aliphatic carbocycles. The molecule has 2 heterocycles. The average molecular weight is 411 g/mol. The van der Waals surface area contributed by atoms with Crippen molar-refractivity contribution in [3.63, 3.8) is 0 Å². The van der Waals surface area contributed by atoms with E-state index < -0.39 is 0 Å². The number of aryl methyl sites for hydroxylation is 1. The van der Waals surface area contributed by atoms with E-state index in [0.717, 1.165) is 11.3 Å². The molecule has 2 aromatic carbocycles. The minimum atomic E-state index is -0.304. The predicted molar refractivity (Wildman–Crippen MR) is 113 cm³/mol. The predicted octanol–water partition coefficient (Wildman–Crippen LogP) is 5.09. The molecule has 0 aliphatic rings. The lowest BCUT2D eigenvalue weighted by atomic mass is 10.2. The molecule has 2 amide bonds. The maximum absolute atomic E-state index is 12.5. The van der Waals surface area contributed by atoms with E-state index >= 15 is 0 Å². The maximum atomic E-state index is 12.5. The Morgan fingerprint density at radius 3 is 2.43 bits per heavy atom. The first-order valence-electron chi connectivity index (χ1n) is 8.42. The monoisotopic (exact) mass is 410 g/mol. The van der Waals surface area contributed by atoms with Crippen LogP contribution in [0.3, 0.4) is 0 Å². The first-order valence-corrected chi connectivity index (χ1v) is 9.62. The smallest absolute Gasteiger partial charge is 0.265 e. The van der Waals surface area contributed by atoms with Gasteiger partial charge >= 0.3 is 0 Å². The Labute approximate surface area is 169 Å². The Kier molecular flexibility index (Phi) is 4.85. The van der Waals surface area contributed by atoms with E-state index in [-0.39, 0.29) is 11.8 Å². The number of nitrogens with one attached hydrogen (secondary N) is 3. The molecule has 0 radical (unpaired) electrons. The lowest BCUT2D eigenvalue weighted by Gasteiger charge is -2.03. The van der Waals surface area contributed by atoms with Crippen LogP contribution < -0.4 is 10.6 Å². The third-order valence-corrected chi connectivity index (χ3v) is 5.42. The number of carbonyl (C=O) groups is 2. The quantitative estimate of drug-likeness (QED) is 0.438. The number of anilines is 2. The Morgan fingerprint density at radius 1 is 1.00 bits per heavy atom. The Balaban J connectivity index is 1.53. The largest absolute Gasteiger partial charge is 0.321 e. The number of carbonyl (C=O) groups excluding carboxylic acids is 2. The van der Waals surface area contributed by atoms with Crippen LogP contribution in [-0.2, 0) is 0 Å². The average Bonchev–Trinajstić information content (AvgIpc) is 3.26. The molecular weight excluding hydrogens is 396 g/mol. The Hall–Kier alpha value is -3.16. The van der Waals surface area contributed by atoms with Crippen LogP contribution in [0.15, 0.2) is 54.6 Å². The molecule has 0 bridgehead atoms. The van der Waals surface area contributed by atoms with Crippen molar-refractivity contribution in [2.24, 2.45) is 0 Å². The molecule has 3 N–H and O–H groups in total. The van der Waals surface area contributed by atoms with Crippen LogP contribution in [0.25, 0.3) is 10.2 Å². The fraction of sp³-hybridized carbons (Fsp3) is 0.0500. The molecule has 0 saturated heterocycles. The highest BCUT2D eigenvalue weighted by molar-refractivity contribution is 7.20. The van der Waals surface area contributed by atoms with E-state index in [9.17, 15) is 9.59 Å². The highest BCUT2D eigenvalue weighted by atomic mass is 35.5. The molecule has 8 heteroatoms. The Morgan fingerprint density at radius 2 is 1.71 bits per heavy atom. The van der Waals surface area contributed by atoms with Crippen molar-refractivity contribution in [1.82, 2.24) is 10.2 Å². The molecule has 0 spiro atoms.